The summed E-state index contributed by atoms with van der Waals surface area (Å²) in [6, 6.07) is 17.4. The van der Waals surface area contributed by atoms with Crippen molar-refractivity contribution in [3.63, 3.8) is 0 Å². The van der Waals surface area contributed by atoms with Crippen LogP contribution in [0.3, 0.4) is 0 Å². The lowest BCUT2D eigenvalue weighted by Crippen LogP contribution is -2.11. The Labute approximate surface area is 183 Å². The number of hydrazone groups is 1. The van der Waals surface area contributed by atoms with E-state index in [0.29, 0.717) is 12.1 Å². The van der Waals surface area contributed by atoms with Crippen LogP contribution in [-0.4, -0.2) is 30.0 Å². The SMILES string of the molecule is COc1ccccc1CN/N=C\c1cc(C)n(-c2ccc(C(=O)OC(C)C)cc2)c1C. The molecule has 0 unspecified atom stereocenters. The number of ether oxygens (including phenoxy) is 2. The number of rotatable bonds is 8. The summed E-state index contributed by atoms with van der Waals surface area (Å²) < 4.78 is 12.8. The Kier molecular flexibility index (Phi) is 7.13. The van der Waals surface area contributed by atoms with Crippen molar-refractivity contribution in [3.8, 4) is 11.4 Å². The smallest absolute Gasteiger partial charge is 0.338 e. The second-order valence-electron chi connectivity index (χ2n) is 7.57. The third-order valence-corrected chi connectivity index (χ3v) is 4.93. The van der Waals surface area contributed by atoms with Crippen molar-refractivity contribution in [1.29, 1.82) is 0 Å². The maximum absolute atomic E-state index is 12.1. The Bertz CT molecular complexity index is 1070. The highest BCUT2D eigenvalue weighted by molar-refractivity contribution is 5.89. The molecule has 0 aliphatic carbocycles. The van der Waals surface area contributed by atoms with E-state index in [1.54, 1.807) is 19.2 Å². The number of methoxy groups -OCH3 is 1. The molecule has 6 nitrogen and oxygen atoms in total. The van der Waals surface area contributed by atoms with Gasteiger partial charge in [0, 0.05) is 28.2 Å². The summed E-state index contributed by atoms with van der Waals surface area (Å²) >= 11 is 0. The van der Waals surface area contributed by atoms with E-state index in [-0.39, 0.29) is 12.1 Å². The molecule has 162 valence electrons. The van der Waals surface area contributed by atoms with Gasteiger partial charge in [-0.15, -0.1) is 0 Å². The van der Waals surface area contributed by atoms with Gasteiger partial charge in [-0.05, 0) is 64.1 Å². The molecule has 0 saturated carbocycles. The van der Waals surface area contributed by atoms with Crippen molar-refractivity contribution in [3.05, 3.63) is 82.7 Å². The fourth-order valence-corrected chi connectivity index (χ4v) is 3.44. The van der Waals surface area contributed by atoms with Gasteiger partial charge >= 0.3 is 5.97 Å². The third kappa shape index (κ3) is 5.34. The zero-order valence-electron chi connectivity index (χ0n) is 18.7. The van der Waals surface area contributed by atoms with Crippen molar-refractivity contribution >= 4 is 12.2 Å². The monoisotopic (exact) mass is 419 g/mol. The standard InChI is InChI=1S/C25H29N3O3/c1-17(2)31-25(29)20-10-12-23(13-11-20)28-18(3)14-22(19(28)4)16-27-26-15-21-8-6-7-9-24(21)30-5/h6-14,16-17,26H,15H2,1-5H3/b27-16-. The fraction of sp³-hybridized carbons (Fsp3) is 0.280. The molecule has 6 heteroatoms. The van der Waals surface area contributed by atoms with E-state index >= 15 is 0 Å². The van der Waals surface area contributed by atoms with Crippen LogP contribution in [0.4, 0.5) is 0 Å². The molecular formula is C25H29N3O3. The van der Waals surface area contributed by atoms with Crippen LogP contribution in [0.25, 0.3) is 5.69 Å². The van der Waals surface area contributed by atoms with Crippen LogP contribution in [0.1, 0.15) is 46.7 Å². The molecule has 1 heterocycles. The number of nitrogens with zero attached hydrogens (tertiary/aromatic N) is 2. The van der Waals surface area contributed by atoms with Gasteiger partial charge in [0.05, 0.1) is 31.5 Å². The summed E-state index contributed by atoms with van der Waals surface area (Å²) in [7, 11) is 1.66. The average Bonchev–Trinajstić information content (AvgIpc) is 3.04. The second kappa shape index (κ2) is 9.98. The first-order valence-corrected chi connectivity index (χ1v) is 10.3. The summed E-state index contributed by atoms with van der Waals surface area (Å²) in [5, 5.41) is 4.38. The van der Waals surface area contributed by atoms with Gasteiger partial charge in [-0.3, -0.25) is 0 Å². The number of aromatic nitrogens is 1. The van der Waals surface area contributed by atoms with Crippen LogP contribution in [0.15, 0.2) is 59.7 Å². The van der Waals surface area contributed by atoms with Crippen molar-refractivity contribution in [2.75, 3.05) is 7.11 Å². The number of nitrogens with one attached hydrogen (secondary N) is 1. The Morgan fingerprint density at radius 2 is 1.84 bits per heavy atom. The molecule has 1 aromatic heterocycles. The normalized spacial score (nSPS) is 11.2. The number of carbonyl (C=O) groups is 1. The van der Waals surface area contributed by atoms with Gasteiger partial charge in [-0.2, -0.15) is 5.10 Å². The van der Waals surface area contributed by atoms with Crippen LogP contribution in [0, 0.1) is 13.8 Å². The summed E-state index contributed by atoms with van der Waals surface area (Å²) in [5.74, 6) is 0.528. The zero-order chi connectivity index (χ0) is 22.4. The van der Waals surface area contributed by atoms with Gasteiger partial charge in [0.15, 0.2) is 0 Å². The van der Waals surface area contributed by atoms with Crippen molar-refractivity contribution in [2.45, 2.75) is 40.3 Å². The molecule has 31 heavy (non-hydrogen) atoms. The molecule has 3 aromatic rings. The molecule has 3 rings (SSSR count). The van der Waals surface area contributed by atoms with E-state index < -0.39 is 0 Å². The zero-order valence-corrected chi connectivity index (χ0v) is 18.7. The second-order valence-corrected chi connectivity index (χ2v) is 7.57. The predicted octanol–water partition coefficient (Wildman–Crippen LogP) is 4.79. The number of hydrogen-bond donors (Lipinski definition) is 1. The molecule has 0 saturated heterocycles. The Balaban J connectivity index is 1.71. The van der Waals surface area contributed by atoms with Gasteiger partial charge in [-0.25, -0.2) is 4.79 Å². The number of hydrogen-bond acceptors (Lipinski definition) is 5. The minimum atomic E-state index is -0.309. The van der Waals surface area contributed by atoms with Crippen LogP contribution < -0.4 is 10.2 Å². The summed E-state index contributed by atoms with van der Waals surface area (Å²) in [4.78, 5) is 12.1. The topological polar surface area (TPSA) is 64.8 Å². The summed E-state index contributed by atoms with van der Waals surface area (Å²) in [6.07, 6.45) is 1.68. The molecule has 1 N–H and O–H groups in total. The summed E-state index contributed by atoms with van der Waals surface area (Å²) in [6.45, 7) is 8.36. The van der Waals surface area contributed by atoms with Crippen LogP contribution in [0.2, 0.25) is 0 Å². The van der Waals surface area contributed by atoms with E-state index in [1.807, 2.05) is 63.4 Å². The van der Waals surface area contributed by atoms with Crippen molar-refractivity contribution in [2.24, 2.45) is 5.10 Å². The van der Waals surface area contributed by atoms with Gasteiger partial charge in [0.2, 0.25) is 0 Å². The first-order chi connectivity index (χ1) is 14.9. The number of para-hydroxylation sites is 1. The maximum atomic E-state index is 12.1. The lowest BCUT2D eigenvalue weighted by molar-refractivity contribution is 0.0378. The van der Waals surface area contributed by atoms with E-state index in [1.165, 1.54) is 0 Å². The molecule has 0 spiro atoms. The Morgan fingerprint density at radius 3 is 2.52 bits per heavy atom. The van der Waals surface area contributed by atoms with Gasteiger partial charge in [-0.1, -0.05) is 18.2 Å². The van der Waals surface area contributed by atoms with Crippen LogP contribution >= 0.6 is 0 Å². The fourth-order valence-electron chi connectivity index (χ4n) is 3.44. The number of aryl methyl sites for hydroxylation is 1. The summed E-state index contributed by atoms with van der Waals surface area (Å²) in [5.41, 5.74) is 8.83. The highest BCUT2D eigenvalue weighted by Gasteiger charge is 2.12. The quantitative estimate of drug-likeness (QED) is 0.324. The van der Waals surface area contributed by atoms with Gasteiger partial charge in [0.25, 0.3) is 0 Å². The van der Waals surface area contributed by atoms with E-state index in [2.05, 4.69) is 28.1 Å². The highest BCUT2D eigenvalue weighted by Crippen LogP contribution is 2.21. The molecule has 0 bridgehead atoms. The van der Waals surface area contributed by atoms with E-state index in [4.69, 9.17) is 9.47 Å². The highest BCUT2D eigenvalue weighted by atomic mass is 16.5. The minimum Gasteiger partial charge on any atom is -0.496 e. The van der Waals surface area contributed by atoms with Crippen molar-refractivity contribution in [1.82, 2.24) is 9.99 Å². The molecule has 0 aliphatic heterocycles. The van der Waals surface area contributed by atoms with E-state index in [0.717, 1.165) is 34.0 Å². The lowest BCUT2D eigenvalue weighted by Gasteiger charge is -2.11. The predicted molar refractivity (Wildman–Crippen MR) is 123 cm³/mol. The largest absolute Gasteiger partial charge is 0.496 e. The first kappa shape index (κ1) is 22.2. The van der Waals surface area contributed by atoms with Crippen LogP contribution in [0.5, 0.6) is 5.75 Å². The Morgan fingerprint density at radius 1 is 1.13 bits per heavy atom. The molecule has 0 aliphatic rings. The number of benzene rings is 2. The molecule has 0 fully saturated rings. The molecule has 0 atom stereocenters. The molecule has 0 amide bonds. The lowest BCUT2D eigenvalue weighted by atomic mass is 10.2. The molecular weight excluding hydrogens is 390 g/mol. The van der Waals surface area contributed by atoms with Crippen molar-refractivity contribution < 1.29 is 14.3 Å². The van der Waals surface area contributed by atoms with Gasteiger partial charge < -0.3 is 19.5 Å². The number of carbonyl (C=O) groups excluding carboxylic acids is 1. The first-order valence-electron chi connectivity index (χ1n) is 10.3. The third-order valence-electron chi connectivity index (χ3n) is 4.93. The minimum absolute atomic E-state index is 0.139. The maximum Gasteiger partial charge on any atom is 0.338 e. The number of esters is 1. The van der Waals surface area contributed by atoms with Crippen LogP contribution in [-0.2, 0) is 11.3 Å². The Hall–Kier alpha value is -3.54. The molecule has 2 aromatic carbocycles. The average molecular weight is 420 g/mol. The van der Waals surface area contributed by atoms with Gasteiger partial charge in [0.1, 0.15) is 5.75 Å². The molecule has 0 radical (unpaired) electrons. The van der Waals surface area contributed by atoms with E-state index in [9.17, 15) is 4.79 Å².